The summed E-state index contributed by atoms with van der Waals surface area (Å²) in [7, 11) is 0. The molecule has 1 rings (SSSR count). The minimum atomic E-state index is -1.33. The molecule has 1 fully saturated rings. The lowest BCUT2D eigenvalue weighted by atomic mass is 9.72. The van der Waals surface area contributed by atoms with Gasteiger partial charge in [-0.25, -0.2) is 0 Å². The molecule has 1 aliphatic rings. The molecular weight excluding hydrogens is 248 g/mol. The Morgan fingerprint density at radius 1 is 1.16 bits per heavy atom. The van der Waals surface area contributed by atoms with E-state index in [2.05, 4.69) is 6.92 Å². The lowest BCUT2D eigenvalue weighted by molar-refractivity contribution is -0.178. The molecule has 5 heteroatoms. The number of ether oxygens (including phenoxy) is 2. The summed E-state index contributed by atoms with van der Waals surface area (Å²) in [5, 5.41) is 10.6. The van der Waals surface area contributed by atoms with Crippen LogP contribution in [-0.4, -0.2) is 35.9 Å². The smallest absolute Gasteiger partial charge is 0.323 e. The van der Waals surface area contributed by atoms with Gasteiger partial charge in [0.05, 0.1) is 18.8 Å². The molecule has 1 N–H and O–H groups in total. The topological polar surface area (TPSA) is 72.8 Å². The molecule has 0 atom stereocenters. The van der Waals surface area contributed by atoms with Gasteiger partial charge in [0, 0.05) is 0 Å². The number of hydrogen-bond acceptors (Lipinski definition) is 5. The molecule has 0 spiro atoms. The van der Waals surface area contributed by atoms with Crippen LogP contribution in [-0.2, 0) is 19.1 Å². The number of carbonyl (C=O) groups excluding carboxylic acids is 2. The summed E-state index contributed by atoms with van der Waals surface area (Å²) < 4.78 is 9.83. The first-order valence-electron chi connectivity index (χ1n) is 7.00. The summed E-state index contributed by atoms with van der Waals surface area (Å²) in [6.07, 6.45) is 2.45. The highest BCUT2D eigenvalue weighted by Gasteiger charge is 2.49. The summed E-state index contributed by atoms with van der Waals surface area (Å²) in [4.78, 5) is 23.9. The van der Waals surface area contributed by atoms with Crippen LogP contribution in [0.5, 0.6) is 0 Å². The molecule has 0 aromatic heterocycles. The van der Waals surface area contributed by atoms with E-state index in [1.165, 1.54) is 0 Å². The molecule has 0 unspecified atom stereocenters. The van der Waals surface area contributed by atoms with Gasteiger partial charge in [-0.15, -0.1) is 0 Å². The minimum absolute atomic E-state index is 0.182. The van der Waals surface area contributed by atoms with Gasteiger partial charge < -0.3 is 14.6 Å². The second-order valence-electron chi connectivity index (χ2n) is 5.22. The van der Waals surface area contributed by atoms with Gasteiger partial charge in [-0.3, -0.25) is 9.59 Å². The fraction of sp³-hybridized carbons (Fsp3) is 0.857. The summed E-state index contributed by atoms with van der Waals surface area (Å²) in [6.45, 7) is 5.81. The van der Waals surface area contributed by atoms with Crippen LogP contribution < -0.4 is 0 Å². The van der Waals surface area contributed by atoms with Crippen LogP contribution in [0.3, 0.4) is 0 Å². The second-order valence-corrected chi connectivity index (χ2v) is 5.22. The summed E-state index contributed by atoms with van der Waals surface area (Å²) in [5.41, 5.74) is -1.33. The van der Waals surface area contributed by atoms with Gasteiger partial charge in [0.25, 0.3) is 0 Å². The maximum Gasteiger partial charge on any atom is 0.323 e. The molecule has 1 aliphatic carbocycles. The molecule has 0 radical (unpaired) electrons. The van der Waals surface area contributed by atoms with Gasteiger partial charge in [-0.2, -0.15) is 0 Å². The molecular formula is C14H24O5. The number of carbonyl (C=O) groups is 2. The molecule has 0 bridgehead atoms. The molecule has 110 valence electrons. The van der Waals surface area contributed by atoms with Crippen molar-refractivity contribution in [3.05, 3.63) is 0 Å². The second kappa shape index (κ2) is 6.89. The average Bonchev–Trinajstić information content (AvgIpc) is 2.34. The standard InChI is InChI=1S/C14H24O5/c1-4-18-12(15)11(13(16)19-5-2)14(17)8-6-10(3)7-9-14/h10-11,17H,4-9H2,1-3H3. The summed E-state index contributed by atoms with van der Waals surface area (Å²) >= 11 is 0. The number of esters is 2. The van der Waals surface area contributed by atoms with Crippen molar-refractivity contribution in [1.29, 1.82) is 0 Å². The minimum Gasteiger partial charge on any atom is -0.465 e. The average molecular weight is 272 g/mol. The van der Waals surface area contributed by atoms with Crippen LogP contribution in [0.2, 0.25) is 0 Å². The van der Waals surface area contributed by atoms with Gasteiger partial charge in [0.1, 0.15) is 0 Å². The van der Waals surface area contributed by atoms with Crippen LogP contribution in [0.25, 0.3) is 0 Å². The zero-order valence-corrected chi connectivity index (χ0v) is 12.0. The van der Waals surface area contributed by atoms with E-state index in [-0.39, 0.29) is 13.2 Å². The molecule has 0 saturated heterocycles. The Labute approximate surface area is 114 Å². The Morgan fingerprint density at radius 2 is 1.58 bits per heavy atom. The first-order chi connectivity index (χ1) is 8.94. The van der Waals surface area contributed by atoms with Gasteiger partial charge >= 0.3 is 11.9 Å². The monoisotopic (exact) mass is 272 g/mol. The maximum absolute atomic E-state index is 12.0. The normalized spacial score (nSPS) is 27.1. The van der Waals surface area contributed by atoms with Gasteiger partial charge in [0.2, 0.25) is 0 Å². The van der Waals surface area contributed by atoms with E-state index in [1.54, 1.807) is 13.8 Å². The SMILES string of the molecule is CCOC(=O)C(C(=O)OCC)C1(O)CCC(C)CC1. The zero-order valence-electron chi connectivity index (χ0n) is 12.0. The van der Waals surface area contributed by atoms with Crippen LogP contribution >= 0.6 is 0 Å². The van der Waals surface area contributed by atoms with Crippen molar-refractivity contribution in [2.75, 3.05) is 13.2 Å². The third kappa shape index (κ3) is 3.93. The lowest BCUT2D eigenvalue weighted by Crippen LogP contribution is -2.50. The Kier molecular flexibility index (Phi) is 5.79. The van der Waals surface area contributed by atoms with Crippen molar-refractivity contribution < 1.29 is 24.2 Å². The van der Waals surface area contributed by atoms with E-state index in [0.717, 1.165) is 12.8 Å². The van der Waals surface area contributed by atoms with Crippen molar-refractivity contribution in [2.45, 2.75) is 52.1 Å². The van der Waals surface area contributed by atoms with E-state index in [1.807, 2.05) is 0 Å². The first-order valence-corrected chi connectivity index (χ1v) is 7.00. The number of rotatable bonds is 5. The van der Waals surface area contributed by atoms with Gasteiger partial charge in [0.15, 0.2) is 5.92 Å². The molecule has 1 saturated carbocycles. The zero-order chi connectivity index (χ0) is 14.5. The molecule has 0 aromatic rings. The van der Waals surface area contributed by atoms with Gasteiger partial charge in [-0.05, 0) is 45.4 Å². The maximum atomic E-state index is 12.0. The molecule has 0 aliphatic heterocycles. The predicted molar refractivity (Wildman–Crippen MR) is 69.3 cm³/mol. The summed E-state index contributed by atoms with van der Waals surface area (Å²) in [6, 6.07) is 0. The molecule has 0 amide bonds. The molecule has 19 heavy (non-hydrogen) atoms. The van der Waals surface area contributed by atoms with E-state index < -0.39 is 23.5 Å². The van der Waals surface area contributed by atoms with Crippen LogP contribution in [0.1, 0.15) is 46.5 Å². The van der Waals surface area contributed by atoms with Crippen molar-refractivity contribution >= 4 is 11.9 Å². The third-order valence-electron chi connectivity index (χ3n) is 3.72. The third-order valence-corrected chi connectivity index (χ3v) is 3.72. The summed E-state index contributed by atoms with van der Waals surface area (Å²) in [5.74, 6) is -2.08. The lowest BCUT2D eigenvalue weighted by Gasteiger charge is -2.38. The van der Waals surface area contributed by atoms with Crippen molar-refractivity contribution in [3.8, 4) is 0 Å². The Morgan fingerprint density at radius 3 is 1.95 bits per heavy atom. The largest absolute Gasteiger partial charge is 0.465 e. The number of aliphatic hydroxyl groups is 1. The van der Waals surface area contributed by atoms with E-state index in [9.17, 15) is 14.7 Å². The predicted octanol–water partition coefficient (Wildman–Crippen LogP) is 1.67. The van der Waals surface area contributed by atoms with Crippen LogP contribution in [0.15, 0.2) is 0 Å². The quantitative estimate of drug-likeness (QED) is 0.609. The van der Waals surface area contributed by atoms with E-state index in [4.69, 9.17) is 9.47 Å². The fourth-order valence-corrected chi connectivity index (χ4v) is 2.54. The molecule has 5 nitrogen and oxygen atoms in total. The molecule has 0 aromatic carbocycles. The van der Waals surface area contributed by atoms with Crippen LogP contribution in [0.4, 0.5) is 0 Å². The van der Waals surface area contributed by atoms with Crippen molar-refractivity contribution in [2.24, 2.45) is 11.8 Å². The Hall–Kier alpha value is -1.10. The number of hydrogen-bond donors (Lipinski definition) is 1. The Balaban J connectivity index is 2.88. The highest BCUT2D eigenvalue weighted by molar-refractivity contribution is 5.96. The van der Waals surface area contributed by atoms with E-state index in [0.29, 0.717) is 18.8 Å². The first kappa shape index (κ1) is 16.0. The Bertz CT molecular complexity index is 300. The van der Waals surface area contributed by atoms with Crippen molar-refractivity contribution in [1.82, 2.24) is 0 Å². The highest BCUT2D eigenvalue weighted by Crippen LogP contribution is 2.38. The van der Waals surface area contributed by atoms with Crippen molar-refractivity contribution in [3.63, 3.8) is 0 Å². The fourth-order valence-electron chi connectivity index (χ4n) is 2.54. The van der Waals surface area contributed by atoms with Gasteiger partial charge in [-0.1, -0.05) is 6.92 Å². The van der Waals surface area contributed by atoms with E-state index >= 15 is 0 Å². The molecule has 0 heterocycles. The highest BCUT2D eigenvalue weighted by atomic mass is 16.6. The van der Waals surface area contributed by atoms with Crippen LogP contribution in [0, 0.1) is 11.8 Å².